The average Bonchev–Trinajstić information content (AvgIpc) is 3.20. The zero-order valence-corrected chi connectivity index (χ0v) is 27.7. The summed E-state index contributed by atoms with van der Waals surface area (Å²) >= 11 is 0. The maximum absolute atomic E-state index is 2.34. The summed E-state index contributed by atoms with van der Waals surface area (Å²) in [7, 11) is 0. The highest BCUT2D eigenvalue weighted by Gasteiger charge is 2.15. The molecule has 0 aliphatic carbocycles. The lowest BCUT2D eigenvalue weighted by atomic mass is 10.0. The fourth-order valence-electron chi connectivity index (χ4n) is 6.53. The van der Waals surface area contributed by atoms with Crippen molar-refractivity contribution in [2.75, 3.05) is 9.80 Å². The Balaban J connectivity index is 1.00. The predicted octanol–water partition coefficient (Wildman–Crippen LogP) is 13.6. The Bertz CT molecular complexity index is 2280. The summed E-state index contributed by atoms with van der Waals surface area (Å²) in [6, 6.07) is 73.1. The quantitative estimate of drug-likeness (QED) is 0.145. The van der Waals surface area contributed by atoms with Gasteiger partial charge in [-0.2, -0.15) is 0 Å². The van der Waals surface area contributed by atoms with Crippen molar-refractivity contribution in [1.29, 1.82) is 0 Å². The molecular formula is C48H36N2. The van der Waals surface area contributed by atoms with Crippen molar-refractivity contribution in [2.24, 2.45) is 0 Å². The van der Waals surface area contributed by atoms with Gasteiger partial charge in [-0.25, -0.2) is 0 Å². The summed E-state index contributed by atoms with van der Waals surface area (Å²) < 4.78 is 0. The van der Waals surface area contributed by atoms with E-state index in [1.165, 1.54) is 21.9 Å². The Hall–Kier alpha value is -6.64. The molecule has 0 fully saturated rings. The van der Waals surface area contributed by atoms with Gasteiger partial charge in [-0.05, 0) is 94.4 Å². The maximum atomic E-state index is 2.34. The smallest absolute Gasteiger partial charge is 0.0540 e. The van der Waals surface area contributed by atoms with E-state index in [9.17, 15) is 0 Å². The van der Waals surface area contributed by atoms with Gasteiger partial charge < -0.3 is 9.80 Å². The van der Waals surface area contributed by atoms with Crippen LogP contribution in [0.2, 0.25) is 0 Å². The van der Waals surface area contributed by atoms with Gasteiger partial charge >= 0.3 is 0 Å². The first-order valence-electron chi connectivity index (χ1n) is 17.0. The topological polar surface area (TPSA) is 6.48 Å². The zero-order valence-electron chi connectivity index (χ0n) is 27.7. The van der Waals surface area contributed by atoms with Crippen LogP contribution < -0.4 is 9.80 Å². The number of nitrogens with zero attached hydrogens (tertiary/aromatic N) is 2. The minimum Gasteiger partial charge on any atom is -0.311 e. The normalized spacial score (nSPS) is 11.1. The van der Waals surface area contributed by atoms with Gasteiger partial charge in [-0.15, -0.1) is 0 Å². The molecule has 8 rings (SSSR count). The van der Waals surface area contributed by atoms with Crippen LogP contribution in [0.15, 0.2) is 206 Å². The van der Waals surface area contributed by atoms with Crippen molar-refractivity contribution in [1.82, 2.24) is 0 Å². The highest BCUT2D eigenvalue weighted by molar-refractivity contribution is 5.99. The second-order valence-electron chi connectivity index (χ2n) is 12.3. The molecule has 238 valence electrons. The van der Waals surface area contributed by atoms with Gasteiger partial charge in [0, 0.05) is 33.8 Å². The molecule has 8 aromatic carbocycles. The third-order valence-electron chi connectivity index (χ3n) is 9.04. The first-order valence-corrected chi connectivity index (χ1v) is 17.0. The molecule has 0 heterocycles. The summed E-state index contributed by atoms with van der Waals surface area (Å²) in [6.07, 6.45) is 4.36. The van der Waals surface area contributed by atoms with Crippen molar-refractivity contribution in [2.45, 2.75) is 0 Å². The number of para-hydroxylation sites is 3. The summed E-state index contributed by atoms with van der Waals surface area (Å²) in [5.74, 6) is 0. The molecule has 0 radical (unpaired) electrons. The second-order valence-corrected chi connectivity index (χ2v) is 12.3. The van der Waals surface area contributed by atoms with Crippen molar-refractivity contribution in [3.05, 3.63) is 217 Å². The van der Waals surface area contributed by atoms with Crippen LogP contribution in [0.1, 0.15) is 11.1 Å². The summed E-state index contributed by atoms with van der Waals surface area (Å²) in [6.45, 7) is 0. The second kappa shape index (κ2) is 14.2. The summed E-state index contributed by atoms with van der Waals surface area (Å²) in [4.78, 5) is 4.62. The number of hydrogen-bond acceptors (Lipinski definition) is 2. The van der Waals surface area contributed by atoms with E-state index in [1.807, 2.05) is 0 Å². The third kappa shape index (κ3) is 6.56. The first-order chi connectivity index (χ1) is 24.8. The largest absolute Gasteiger partial charge is 0.311 e. The van der Waals surface area contributed by atoms with Crippen molar-refractivity contribution in [3.63, 3.8) is 0 Å². The molecule has 0 unspecified atom stereocenters. The molecule has 0 aromatic heterocycles. The number of benzene rings is 8. The van der Waals surface area contributed by atoms with Crippen molar-refractivity contribution < 1.29 is 0 Å². The van der Waals surface area contributed by atoms with Gasteiger partial charge in [0.2, 0.25) is 0 Å². The predicted molar refractivity (Wildman–Crippen MR) is 214 cm³/mol. The molecular weight excluding hydrogens is 605 g/mol. The molecule has 0 amide bonds. The molecule has 0 aliphatic heterocycles. The molecule has 0 saturated heterocycles. The van der Waals surface area contributed by atoms with Crippen LogP contribution >= 0.6 is 0 Å². The number of rotatable bonds is 9. The number of anilines is 6. The van der Waals surface area contributed by atoms with Crippen LogP contribution in [0.5, 0.6) is 0 Å². The first kappa shape index (κ1) is 30.7. The molecule has 0 bridgehead atoms. The average molecular weight is 641 g/mol. The maximum Gasteiger partial charge on any atom is 0.0540 e. The van der Waals surface area contributed by atoms with E-state index in [0.29, 0.717) is 0 Å². The monoisotopic (exact) mass is 640 g/mol. The van der Waals surface area contributed by atoms with E-state index in [2.05, 4.69) is 228 Å². The Morgan fingerprint density at radius 2 is 0.660 bits per heavy atom. The van der Waals surface area contributed by atoms with Gasteiger partial charge in [-0.1, -0.05) is 152 Å². The minimum atomic E-state index is 1.12. The number of fused-ring (bicyclic) bond motifs is 1. The van der Waals surface area contributed by atoms with Crippen LogP contribution in [0.4, 0.5) is 34.1 Å². The van der Waals surface area contributed by atoms with Crippen LogP contribution in [-0.2, 0) is 0 Å². The molecule has 0 aliphatic rings. The molecule has 2 nitrogen and oxygen atoms in total. The molecule has 0 N–H and O–H groups in total. The summed E-state index contributed by atoms with van der Waals surface area (Å²) in [5.41, 5.74) is 11.5. The van der Waals surface area contributed by atoms with Gasteiger partial charge in [-0.3, -0.25) is 0 Å². The van der Waals surface area contributed by atoms with Crippen molar-refractivity contribution >= 4 is 57.0 Å². The van der Waals surface area contributed by atoms with Gasteiger partial charge in [0.25, 0.3) is 0 Å². The van der Waals surface area contributed by atoms with Crippen molar-refractivity contribution in [3.8, 4) is 11.1 Å². The Labute approximate surface area is 294 Å². The van der Waals surface area contributed by atoms with E-state index in [-0.39, 0.29) is 0 Å². The SMILES string of the molecule is C(=C\c1ccc(N(c2ccccc2)c2cccc3ccccc23)cc1)/c1ccc(-c2ccc(N(c3ccccc3)c3ccccc3)cc2)cc1. The lowest BCUT2D eigenvalue weighted by molar-refractivity contribution is 1.28. The fourth-order valence-corrected chi connectivity index (χ4v) is 6.53. The van der Waals surface area contributed by atoms with E-state index >= 15 is 0 Å². The van der Waals surface area contributed by atoms with Gasteiger partial charge in [0.15, 0.2) is 0 Å². The van der Waals surface area contributed by atoms with E-state index in [0.717, 1.165) is 45.3 Å². The highest BCUT2D eigenvalue weighted by Crippen LogP contribution is 2.39. The highest BCUT2D eigenvalue weighted by atomic mass is 15.1. The lowest BCUT2D eigenvalue weighted by Crippen LogP contribution is -2.10. The molecule has 0 spiro atoms. The van der Waals surface area contributed by atoms with E-state index < -0.39 is 0 Å². The van der Waals surface area contributed by atoms with Crippen LogP contribution in [-0.4, -0.2) is 0 Å². The van der Waals surface area contributed by atoms with Gasteiger partial charge in [0.1, 0.15) is 0 Å². The fraction of sp³-hybridized carbons (Fsp3) is 0. The van der Waals surface area contributed by atoms with Crippen LogP contribution in [0, 0.1) is 0 Å². The Morgan fingerprint density at radius 1 is 0.280 bits per heavy atom. The van der Waals surface area contributed by atoms with E-state index in [4.69, 9.17) is 0 Å². The minimum absolute atomic E-state index is 1.12. The van der Waals surface area contributed by atoms with Crippen LogP contribution in [0.3, 0.4) is 0 Å². The molecule has 2 heteroatoms. The summed E-state index contributed by atoms with van der Waals surface area (Å²) in [5, 5.41) is 2.45. The third-order valence-corrected chi connectivity index (χ3v) is 9.04. The lowest BCUT2D eigenvalue weighted by Gasteiger charge is -2.27. The Morgan fingerprint density at radius 3 is 1.22 bits per heavy atom. The molecule has 8 aromatic rings. The number of hydrogen-bond donors (Lipinski definition) is 0. The molecule has 0 saturated carbocycles. The zero-order chi connectivity index (χ0) is 33.5. The standard InChI is InChI=1S/C48H36N2/c1-4-15-42(16-5-1)49(43-17-6-2-7-18-43)45-35-31-40(32-36-45)39-29-25-37(26-30-39)23-24-38-27-33-46(34-28-38)50(44-19-8-3-9-20-44)48-22-12-14-41-13-10-11-21-47(41)48/h1-36H/b24-23+. The van der Waals surface area contributed by atoms with E-state index in [1.54, 1.807) is 0 Å². The van der Waals surface area contributed by atoms with Gasteiger partial charge in [0.05, 0.1) is 5.69 Å². The molecule has 0 atom stereocenters. The molecule has 50 heavy (non-hydrogen) atoms. The van der Waals surface area contributed by atoms with Crippen LogP contribution in [0.25, 0.3) is 34.1 Å². The Kier molecular flexibility index (Phi) is 8.73.